The summed E-state index contributed by atoms with van der Waals surface area (Å²) >= 11 is 0. The van der Waals surface area contributed by atoms with E-state index in [1.807, 2.05) is 35.2 Å². The number of urea groups is 1. The molecule has 1 heterocycles. The van der Waals surface area contributed by atoms with Crippen LogP contribution in [0.5, 0.6) is 0 Å². The Balaban J connectivity index is 1.35. The number of hydrogen-bond donors (Lipinski definition) is 3. The largest absolute Gasteiger partial charge is 0.337 e. The zero-order valence-electron chi connectivity index (χ0n) is 15.8. The number of benzene rings is 2. The number of hydrogen-bond acceptors (Lipinski definition) is 2. The molecular weight excluding hydrogens is 359 g/mol. The number of nitrogens with one attached hydrogen (secondary N) is 3. The molecule has 0 radical (unpaired) electrons. The number of carbonyl (C=O) groups excluding carboxylic acids is 2. The van der Waals surface area contributed by atoms with Crippen molar-refractivity contribution in [2.45, 2.75) is 13.0 Å². The first kappa shape index (κ1) is 19.8. The number of piperazine rings is 1. The zero-order chi connectivity index (χ0) is 19.8. The molecular formula is C21H26FN4O2+. The fourth-order valence-electron chi connectivity index (χ4n) is 3.30. The number of amides is 3. The third-order valence-electron chi connectivity index (χ3n) is 4.88. The monoisotopic (exact) mass is 385 g/mol. The number of quaternary nitrogens is 1. The van der Waals surface area contributed by atoms with Gasteiger partial charge in [-0.1, -0.05) is 36.4 Å². The molecule has 0 atom stereocenters. The Morgan fingerprint density at radius 3 is 2.39 bits per heavy atom. The van der Waals surface area contributed by atoms with E-state index in [2.05, 4.69) is 10.6 Å². The van der Waals surface area contributed by atoms with Gasteiger partial charge in [-0.2, -0.15) is 0 Å². The standard InChI is InChI=1S/C21H25FN4O2/c22-19-9-5-4-6-17(19)16-25-12-14-26(15-13-25)20(27)10-11-23-21(28)24-18-7-2-1-3-8-18/h1-9H,10-16H2,(H2,23,24,28)/p+1. The van der Waals surface area contributed by atoms with Gasteiger partial charge in [0.2, 0.25) is 5.91 Å². The molecule has 0 spiro atoms. The smallest absolute Gasteiger partial charge is 0.319 e. The molecule has 3 N–H and O–H groups in total. The summed E-state index contributed by atoms with van der Waals surface area (Å²) in [6, 6.07) is 15.7. The predicted molar refractivity (Wildman–Crippen MR) is 105 cm³/mol. The van der Waals surface area contributed by atoms with E-state index in [1.165, 1.54) is 11.0 Å². The van der Waals surface area contributed by atoms with E-state index in [4.69, 9.17) is 0 Å². The van der Waals surface area contributed by atoms with E-state index in [0.29, 0.717) is 37.4 Å². The van der Waals surface area contributed by atoms with Crippen LogP contribution in [0, 0.1) is 5.82 Å². The first-order valence-electron chi connectivity index (χ1n) is 9.56. The molecule has 2 aromatic rings. The van der Waals surface area contributed by atoms with Crippen molar-refractivity contribution < 1.29 is 18.9 Å². The Labute approximate surface area is 164 Å². The summed E-state index contributed by atoms with van der Waals surface area (Å²) in [4.78, 5) is 27.3. The second-order valence-corrected chi connectivity index (χ2v) is 6.90. The molecule has 7 heteroatoms. The Kier molecular flexibility index (Phi) is 6.97. The predicted octanol–water partition coefficient (Wildman–Crippen LogP) is 1.26. The Hall–Kier alpha value is -2.93. The van der Waals surface area contributed by atoms with Crippen LogP contribution in [0.2, 0.25) is 0 Å². The van der Waals surface area contributed by atoms with Crippen molar-refractivity contribution in [1.29, 1.82) is 0 Å². The van der Waals surface area contributed by atoms with Crippen molar-refractivity contribution in [3.05, 3.63) is 66.0 Å². The van der Waals surface area contributed by atoms with Crippen LogP contribution in [0.25, 0.3) is 0 Å². The third-order valence-corrected chi connectivity index (χ3v) is 4.88. The van der Waals surface area contributed by atoms with Gasteiger partial charge in [0.1, 0.15) is 12.4 Å². The topological polar surface area (TPSA) is 65.9 Å². The highest BCUT2D eigenvalue weighted by Gasteiger charge is 2.24. The Morgan fingerprint density at radius 2 is 1.68 bits per heavy atom. The van der Waals surface area contributed by atoms with Crippen LogP contribution in [0.4, 0.5) is 14.9 Å². The third kappa shape index (κ3) is 5.79. The van der Waals surface area contributed by atoms with Crippen molar-refractivity contribution >= 4 is 17.6 Å². The average molecular weight is 385 g/mol. The van der Waals surface area contributed by atoms with Crippen LogP contribution < -0.4 is 15.5 Å². The highest BCUT2D eigenvalue weighted by molar-refractivity contribution is 5.89. The molecule has 0 saturated carbocycles. The molecule has 0 bridgehead atoms. The van der Waals surface area contributed by atoms with Crippen LogP contribution in [0.3, 0.4) is 0 Å². The molecule has 3 amide bonds. The molecule has 0 aliphatic carbocycles. The molecule has 0 aromatic heterocycles. The molecule has 0 unspecified atom stereocenters. The van der Waals surface area contributed by atoms with Gasteiger partial charge in [-0.15, -0.1) is 0 Å². The summed E-state index contributed by atoms with van der Waals surface area (Å²) in [6.45, 7) is 3.82. The fraction of sp³-hybridized carbons (Fsp3) is 0.333. The second kappa shape index (κ2) is 9.85. The van der Waals surface area contributed by atoms with Gasteiger partial charge in [-0.3, -0.25) is 4.79 Å². The van der Waals surface area contributed by atoms with E-state index in [-0.39, 0.29) is 24.2 Å². The number of halogens is 1. The normalized spacial score (nSPS) is 14.5. The van der Waals surface area contributed by atoms with Gasteiger partial charge in [-0.05, 0) is 18.2 Å². The number of anilines is 1. The van der Waals surface area contributed by atoms with Gasteiger partial charge in [0.05, 0.1) is 26.2 Å². The van der Waals surface area contributed by atoms with E-state index >= 15 is 0 Å². The maximum Gasteiger partial charge on any atom is 0.319 e. The summed E-state index contributed by atoms with van der Waals surface area (Å²) in [5, 5.41) is 5.42. The van der Waals surface area contributed by atoms with E-state index in [1.54, 1.807) is 18.2 Å². The van der Waals surface area contributed by atoms with Crippen LogP contribution >= 0.6 is 0 Å². The minimum atomic E-state index is -0.321. The van der Waals surface area contributed by atoms with Crippen LogP contribution in [0.15, 0.2) is 54.6 Å². The minimum absolute atomic E-state index is 0.0324. The van der Waals surface area contributed by atoms with Crippen molar-refractivity contribution in [2.24, 2.45) is 0 Å². The van der Waals surface area contributed by atoms with Crippen molar-refractivity contribution in [2.75, 3.05) is 38.0 Å². The maximum absolute atomic E-state index is 13.8. The summed E-state index contributed by atoms with van der Waals surface area (Å²) in [5.41, 5.74) is 1.42. The first-order chi connectivity index (χ1) is 13.6. The molecule has 148 valence electrons. The number of para-hydroxylation sites is 1. The number of rotatable bonds is 6. The highest BCUT2D eigenvalue weighted by atomic mass is 19.1. The second-order valence-electron chi connectivity index (χ2n) is 6.90. The molecule has 1 saturated heterocycles. The van der Waals surface area contributed by atoms with E-state index < -0.39 is 0 Å². The summed E-state index contributed by atoms with van der Waals surface area (Å²) < 4.78 is 13.8. The lowest BCUT2D eigenvalue weighted by Crippen LogP contribution is -3.13. The van der Waals surface area contributed by atoms with Crippen molar-refractivity contribution in [3.8, 4) is 0 Å². The summed E-state index contributed by atoms with van der Waals surface area (Å²) in [6.07, 6.45) is 0.269. The fourth-order valence-corrected chi connectivity index (χ4v) is 3.30. The molecule has 1 fully saturated rings. The summed E-state index contributed by atoms with van der Waals surface area (Å²) in [7, 11) is 0. The van der Waals surface area contributed by atoms with Gasteiger partial charge in [0, 0.05) is 24.2 Å². The SMILES string of the molecule is O=C(NCCC(=O)N1CC[NH+](Cc2ccccc2F)CC1)Nc1ccccc1. The maximum atomic E-state index is 13.8. The molecule has 3 rings (SSSR count). The minimum Gasteiger partial charge on any atom is -0.337 e. The van der Waals surface area contributed by atoms with Gasteiger partial charge in [0.25, 0.3) is 0 Å². The molecule has 6 nitrogen and oxygen atoms in total. The van der Waals surface area contributed by atoms with E-state index in [0.717, 1.165) is 13.1 Å². The lowest BCUT2D eigenvalue weighted by Gasteiger charge is -2.32. The molecule has 28 heavy (non-hydrogen) atoms. The quantitative estimate of drug-likeness (QED) is 0.701. The Bertz CT molecular complexity index is 792. The first-order valence-corrected chi connectivity index (χ1v) is 9.56. The molecule has 1 aliphatic rings. The van der Waals surface area contributed by atoms with E-state index in [9.17, 15) is 14.0 Å². The van der Waals surface area contributed by atoms with Crippen LogP contribution in [-0.4, -0.2) is 49.6 Å². The summed E-state index contributed by atoms with van der Waals surface area (Å²) in [5.74, 6) is -0.140. The number of nitrogens with zero attached hydrogens (tertiary/aromatic N) is 1. The van der Waals surface area contributed by atoms with Gasteiger partial charge >= 0.3 is 6.03 Å². The van der Waals surface area contributed by atoms with Crippen LogP contribution in [0.1, 0.15) is 12.0 Å². The Morgan fingerprint density at radius 1 is 1.00 bits per heavy atom. The van der Waals surface area contributed by atoms with Crippen molar-refractivity contribution in [1.82, 2.24) is 10.2 Å². The molecule has 1 aliphatic heterocycles. The van der Waals surface area contributed by atoms with Crippen LogP contribution in [-0.2, 0) is 11.3 Å². The van der Waals surface area contributed by atoms with Gasteiger partial charge in [0.15, 0.2) is 0 Å². The van der Waals surface area contributed by atoms with Gasteiger partial charge in [-0.25, -0.2) is 9.18 Å². The average Bonchev–Trinajstić information content (AvgIpc) is 2.71. The number of carbonyl (C=O) groups is 2. The van der Waals surface area contributed by atoms with Crippen molar-refractivity contribution in [3.63, 3.8) is 0 Å². The molecule has 2 aromatic carbocycles. The zero-order valence-corrected chi connectivity index (χ0v) is 15.8. The lowest BCUT2D eigenvalue weighted by molar-refractivity contribution is -0.917. The highest BCUT2D eigenvalue weighted by Crippen LogP contribution is 2.05. The van der Waals surface area contributed by atoms with Gasteiger partial charge < -0.3 is 20.4 Å². The lowest BCUT2D eigenvalue weighted by atomic mass is 10.2.